The fourth-order valence-corrected chi connectivity index (χ4v) is 1.71. The number of aromatic amines is 1. The molecule has 1 N–H and O–H groups in total. The Morgan fingerprint density at radius 1 is 1.18 bits per heavy atom. The Bertz CT molecular complexity index is 581. The fourth-order valence-electron chi connectivity index (χ4n) is 1.53. The van der Waals surface area contributed by atoms with Crippen molar-refractivity contribution in [1.29, 1.82) is 0 Å². The minimum atomic E-state index is 0.584. The zero-order valence-corrected chi connectivity index (χ0v) is 10.4. The lowest BCUT2D eigenvalue weighted by atomic mass is 10.1. The lowest BCUT2D eigenvalue weighted by molar-refractivity contribution is 0.395. The molecule has 88 valence electrons. The number of hydrogen-bond acceptors (Lipinski definition) is 4. The molecule has 0 radical (unpaired) electrons. The van der Waals surface area contributed by atoms with E-state index in [0.29, 0.717) is 10.4 Å². The van der Waals surface area contributed by atoms with Gasteiger partial charge in [0.2, 0.25) is 0 Å². The topological polar surface area (TPSA) is 47.1 Å². The predicted molar refractivity (Wildman–Crippen MR) is 68.0 cm³/mol. The summed E-state index contributed by atoms with van der Waals surface area (Å²) in [7, 11) is 3.23. The summed E-state index contributed by atoms with van der Waals surface area (Å²) in [6.45, 7) is 0. The second-order valence-corrected chi connectivity index (χ2v) is 3.82. The number of benzene rings is 1. The normalized spacial score (nSPS) is 10.0. The summed E-state index contributed by atoms with van der Waals surface area (Å²) in [4.78, 5) is 7.12. The number of hydrogen-bond donors (Lipinski definition) is 1. The van der Waals surface area contributed by atoms with Crippen LogP contribution in [0.1, 0.15) is 0 Å². The molecule has 17 heavy (non-hydrogen) atoms. The molecule has 0 saturated carbocycles. The first-order chi connectivity index (χ1) is 8.24. The van der Waals surface area contributed by atoms with Crippen molar-refractivity contribution < 1.29 is 9.47 Å². The van der Waals surface area contributed by atoms with E-state index in [4.69, 9.17) is 21.7 Å². The van der Waals surface area contributed by atoms with Crippen molar-refractivity contribution in [2.24, 2.45) is 0 Å². The maximum Gasteiger partial charge on any atom is 0.131 e. The smallest absolute Gasteiger partial charge is 0.131 e. The van der Waals surface area contributed by atoms with Gasteiger partial charge >= 0.3 is 0 Å². The molecule has 0 aliphatic carbocycles. The summed E-state index contributed by atoms with van der Waals surface area (Å²) in [6.07, 6.45) is 3.30. The van der Waals surface area contributed by atoms with Crippen molar-refractivity contribution >= 4 is 12.2 Å². The van der Waals surface area contributed by atoms with Crippen LogP contribution in [0.3, 0.4) is 0 Å². The van der Waals surface area contributed by atoms with Crippen LogP contribution in [0.25, 0.3) is 11.3 Å². The third-order valence-corrected chi connectivity index (χ3v) is 2.56. The summed E-state index contributed by atoms with van der Waals surface area (Å²) in [5, 5.41) is 0. The monoisotopic (exact) mass is 248 g/mol. The highest BCUT2D eigenvalue weighted by atomic mass is 32.1. The Kier molecular flexibility index (Phi) is 3.39. The van der Waals surface area contributed by atoms with Crippen molar-refractivity contribution in [3.8, 4) is 22.8 Å². The zero-order chi connectivity index (χ0) is 12.3. The Hall–Kier alpha value is -1.88. The highest BCUT2D eigenvalue weighted by Crippen LogP contribution is 2.31. The molecule has 5 heteroatoms. The van der Waals surface area contributed by atoms with E-state index in [9.17, 15) is 0 Å². The van der Waals surface area contributed by atoms with Crippen molar-refractivity contribution in [3.63, 3.8) is 0 Å². The number of H-pyrrole nitrogens is 1. The average molecular weight is 248 g/mol. The van der Waals surface area contributed by atoms with E-state index in [1.165, 1.54) is 0 Å². The molecule has 1 aromatic carbocycles. The molecule has 0 fully saturated rings. The van der Waals surface area contributed by atoms with E-state index in [2.05, 4.69) is 9.97 Å². The van der Waals surface area contributed by atoms with Crippen molar-refractivity contribution in [2.45, 2.75) is 0 Å². The molecule has 1 heterocycles. The zero-order valence-electron chi connectivity index (χ0n) is 9.56. The molecule has 0 aliphatic rings. The van der Waals surface area contributed by atoms with Gasteiger partial charge in [-0.05, 0) is 12.1 Å². The van der Waals surface area contributed by atoms with Crippen LogP contribution in [0.4, 0.5) is 0 Å². The lowest BCUT2D eigenvalue weighted by Crippen LogP contribution is -1.92. The summed E-state index contributed by atoms with van der Waals surface area (Å²) >= 11 is 5.04. The highest BCUT2D eigenvalue weighted by molar-refractivity contribution is 7.71. The summed E-state index contributed by atoms with van der Waals surface area (Å²) < 4.78 is 11.0. The minimum Gasteiger partial charge on any atom is -0.497 e. The molecular formula is C12H12N2O2S. The molecule has 2 rings (SSSR count). The number of nitrogens with zero attached hydrogens (tertiary/aromatic N) is 1. The average Bonchev–Trinajstić information content (AvgIpc) is 2.38. The molecule has 0 amide bonds. The summed E-state index contributed by atoms with van der Waals surface area (Å²) in [6, 6.07) is 5.58. The SMILES string of the molecule is COc1ccc(-c2cncc(=S)[nH]2)c(OC)c1. The molecule has 0 aliphatic heterocycles. The van der Waals surface area contributed by atoms with Crippen molar-refractivity contribution in [3.05, 3.63) is 35.2 Å². The second kappa shape index (κ2) is 4.97. The second-order valence-electron chi connectivity index (χ2n) is 3.38. The molecule has 0 unspecified atom stereocenters. The van der Waals surface area contributed by atoms with Gasteiger partial charge in [0.25, 0.3) is 0 Å². The van der Waals surface area contributed by atoms with E-state index in [1.807, 2.05) is 18.2 Å². The van der Waals surface area contributed by atoms with Gasteiger partial charge in [-0.1, -0.05) is 12.2 Å². The van der Waals surface area contributed by atoms with E-state index < -0.39 is 0 Å². The van der Waals surface area contributed by atoms with Gasteiger partial charge in [0, 0.05) is 11.6 Å². The van der Waals surface area contributed by atoms with Crippen LogP contribution in [0.5, 0.6) is 11.5 Å². The summed E-state index contributed by atoms with van der Waals surface area (Å²) in [5.74, 6) is 1.45. The van der Waals surface area contributed by atoms with E-state index in [-0.39, 0.29) is 0 Å². The third kappa shape index (κ3) is 2.45. The molecule has 0 spiro atoms. The van der Waals surface area contributed by atoms with Crippen LogP contribution in [0.15, 0.2) is 30.6 Å². The molecule has 0 saturated heterocycles. The highest BCUT2D eigenvalue weighted by Gasteiger charge is 2.07. The van der Waals surface area contributed by atoms with Crippen molar-refractivity contribution in [2.75, 3.05) is 14.2 Å². The number of ether oxygens (including phenoxy) is 2. The van der Waals surface area contributed by atoms with Crippen molar-refractivity contribution in [1.82, 2.24) is 9.97 Å². The van der Waals surface area contributed by atoms with Gasteiger partial charge in [0.15, 0.2) is 0 Å². The lowest BCUT2D eigenvalue weighted by Gasteiger charge is -2.09. The third-order valence-electron chi connectivity index (χ3n) is 2.35. The van der Waals surface area contributed by atoms with Crippen LogP contribution in [-0.4, -0.2) is 24.2 Å². The molecular weight excluding hydrogens is 236 g/mol. The van der Waals surface area contributed by atoms with Gasteiger partial charge in [-0.3, -0.25) is 4.98 Å². The van der Waals surface area contributed by atoms with Gasteiger partial charge in [-0.25, -0.2) is 0 Å². The van der Waals surface area contributed by atoms with Crippen LogP contribution >= 0.6 is 12.2 Å². The Morgan fingerprint density at radius 3 is 2.65 bits per heavy atom. The van der Waals surface area contributed by atoms with Gasteiger partial charge in [-0.2, -0.15) is 0 Å². The van der Waals surface area contributed by atoms with Crippen LogP contribution in [0, 0.1) is 4.64 Å². The molecule has 0 bridgehead atoms. The van der Waals surface area contributed by atoms with Crippen LogP contribution in [-0.2, 0) is 0 Å². The van der Waals surface area contributed by atoms with Gasteiger partial charge in [0.05, 0.1) is 32.3 Å². The number of rotatable bonds is 3. The standard InChI is InChI=1S/C12H12N2O2S/c1-15-8-3-4-9(11(5-8)16-2)10-6-13-7-12(17)14-10/h3-7H,1-2H3,(H,14,17). The van der Waals surface area contributed by atoms with Crippen LogP contribution in [0.2, 0.25) is 0 Å². The Labute approximate surface area is 104 Å². The number of aromatic nitrogens is 2. The fraction of sp³-hybridized carbons (Fsp3) is 0.167. The first-order valence-corrected chi connectivity index (χ1v) is 5.42. The number of nitrogens with one attached hydrogen (secondary N) is 1. The molecule has 0 atom stereocenters. The molecule has 2 aromatic rings. The van der Waals surface area contributed by atoms with Gasteiger partial charge in [-0.15, -0.1) is 0 Å². The van der Waals surface area contributed by atoms with Gasteiger partial charge in [0.1, 0.15) is 16.1 Å². The van der Waals surface area contributed by atoms with Crippen LogP contribution < -0.4 is 9.47 Å². The molecule has 1 aromatic heterocycles. The number of methoxy groups -OCH3 is 2. The maximum absolute atomic E-state index is 5.32. The summed E-state index contributed by atoms with van der Waals surface area (Å²) in [5.41, 5.74) is 1.71. The predicted octanol–water partition coefficient (Wildman–Crippen LogP) is 2.82. The minimum absolute atomic E-state index is 0.584. The van der Waals surface area contributed by atoms with E-state index >= 15 is 0 Å². The molecule has 4 nitrogen and oxygen atoms in total. The van der Waals surface area contributed by atoms with Gasteiger partial charge < -0.3 is 14.5 Å². The van der Waals surface area contributed by atoms with E-state index in [1.54, 1.807) is 26.6 Å². The van der Waals surface area contributed by atoms with E-state index in [0.717, 1.165) is 17.0 Å². The Morgan fingerprint density at radius 2 is 2.00 bits per heavy atom. The first-order valence-electron chi connectivity index (χ1n) is 5.01. The quantitative estimate of drug-likeness (QED) is 0.848. The first kappa shape index (κ1) is 11.6. The Balaban J connectivity index is 2.55. The largest absolute Gasteiger partial charge is 0.497 e. The maximum atomic E-state index is 5.32.